The molecule has 5 aromatic rings. The fraction of sp³-hybridized carbons (Fsp3) is 0.268. The molecular formula is C41H42O6. The van der Waals surface area contributed by atoms with Crippen molar-refractivity contribution in [2.24, 2.45) is 0 Å². The number of rotatable bonds is 15. The zero-order chi connectivity index (χ0) is 32.1. The Morgan fingerprint density at radius 3 is 1.34 bits per heavy atom. The molecule has 47 heavy (non-hydrogen) atoms. The van der Waals surface area contributed by atoms with Crippen molar-refractivity contribution >= 4 is 0 Å². The van der Waals surface area contributed by atoms with Gasteiger partial charge < -0.3 is 28.8 Å². The van der Waals surface area contributed by atoms with Gasteiger partial charge >= 0.3 is 0 Å². The lowest BCUT2D eigenvalue weighted by molar-refractivity contribution is -0.275. The molecule has 242 valence electrons. The van der Waals surface area contributed by atoms with E-state index >= 15 is 0 Å². The van der Waals surface area contributed by atoms with Gasteiger partial charge in [0.1, 0.15) is 30.5 Å². The molecule has 0 aromatic heterocycles. The van der Waals surface area contributed by atoms with E-state index < -0.39 is 30.5 Å². The fourth-order valence-electron chi connectivity index (χ4n) is 5.87. The summed E-state index contributed by atoms with van der Waals surface area (Å²) in [6, 6.07) is 48.4. The van der Waals surface area contributed by atoms with Crippen LogP contribution < -0.4 is 0 Å². The van der Waals surface area contributed by atoms with Crippen molar-refractivity contribution in [3.05, 3.63) is 179 Å². The van der Waals surface area contributed by atoms with E-state index in [0.29, 0.717) is 33.0 Å². The number of hydrogen-bond acceptors (Lipinski definition) is 6. The molecule has 6 heteroatoms. The SMILES string of the molecule is OCc1ccc(C2O[C@H](COCc3ccccc3)[C@@H](OCc3ccccc3)[C@H](OCc3ccccc3)[C@H]2OCc2ccccc2)cc1. The lowest BCUT2D eigenvalue weighted by Crippen LogP contribution is -2.58. The number of ether oxygens (including phenoxy) is 5. The van der Waals surface area contributed by atoms with Crippen LogP contribution in [0.3, 0.4) is 0 Å². The molecule has 1 saturated heterocycles. The Hall–Kier alpha value is -4.14. The summed E-state index contributed by atoms with van der Waals surface area (Å²) in [6.07, 6.45) is -2.44. The zero-order valence-corrected chi connectivity index (χ0v) is 26.5. The number of aliphatic hydroxyl groups is 1. The Labute approximate surface area is 277 Å². The maximum absolute atomic E-state index is 9.73. The molecule has 1 N–H and O–H groups in total. The van der Waals surface area contributed by atoms with E-state index in [1.54, 1.807) is 0 Å². The van der Waals surface area contributed by atoms with Crippen molar-refractivity contribution in [3.8, 4) is 0 Å². The minimum Gasteiger partial charge on any atom is -0.392 e. The van der Waals surface area contributed by atoms with Crippen LogP contribution in [0.2, 0.25) is 0 Å². The monoisotopic (exact) mass is 630 g/mol. The average molecular weight is 631 g/mol. The van der Waals surface area contributed by atoms with Crippen molar-refractivity contribution in [3.63, 3.8) is 0 Å². The van der Waals surface area contributed by atoms with Gasteiger partial charge in [0.15, 0.2) is 0 Å². The van der Waals surface area contributed by atoms with Gasteiger partial charge in [-0.3, -0.25) is 0 Å². The third-order valence-corrected chi connectivity index (χ3v) is 8.37. The van der Waals surface area contributed by atoms with Crippen LogP contribution in [0.4, 0.5) is 0 Å². The largest absolute Gasteiger partial charge is 0.392 e. The number of hydrogen-bond donors (Lipinski definition) is 1. The number of benzene rings is 5. The lowest BCUT2D eigenvalue weighted by atomic mass is 9.90. The van der Waals surface area contributed by atoms with Crippen LogP contribution in [0.25, 0.3) is 0 Å². The molecule has 0 bridgehead atoms. The summed E-state index contributed by atoms with van der Waals surface area (Å²) in [6.45, 7) is 1.87. The molecule has 1 aliphatic rings. The maximum atomic E-state index is 9.73. The second kappa shape index (κ2) is 17.1. The summed E-state index contributed by atoms with van der Waals surface area (Å²) >= 11 is 0. The number of aliphatic hydroxyl groups excluding tert-OH is 1. The van der Waals surface area contributed by atoms with Gasteiger partial charge in [-0.2, -0.15) is 0 Å². The highest BCUT2D eigenvalue weighted by Gasteiger charge is 2.49. The first-order valence-corrected chi connectivity index (χ1v) is 16.2. The molecule has 5 atom stereocenters. The minimum absolute atomic E-state index is 0.0338. The van der Waals surface area contributed by atoms with E-state index in [9.17, 15) is 5.11 Å². The molecule has 0 amide bonds. The Bertz CT molecular complexity index is 1580. The molecule has 0 radical (unpaired) electrons. The van der Waals surface area contributed by atoms with Crippen molar-refractivity contribution < 1.29 is 28.8 Å². The van der Waals surface area contributed by atoms with Crippen LogP contribution in [0.5, 0.6) is 0 Å². The van der Waals surface area contributed by atoms with Gasteiger partial charge in [0.25, 0.3) is 0 Å². The smallest absolute Gasteiger partial charge is 0.117 e. The Morgan fingerprint density at radius 2 is 0.872 bits per heavy atom. The normalized spacial score (nSPS) is 21.0. The van der Waals surface area contributed by atoms with Crippen LogP contribution in [-0.2, 0) is 56.7 Å². The van der Waals surface area contributed by atoms with Gasteiger partial charge in [-0.05, 0) is 33.4 Å². The summed E-state index contributed by atoms with van der Waals surface area (Å²) in [5.74, 6) is 0. The van der Waals surface area contributed by atoms with E-state index in [-0.39, 0.29) is 6.61 Å². The Balaban J connectivity index is 1.34. The second-order valence-electron chi connectivity index (χ2n) is 11.8. The predicted molar refractivity (Wildman–Crippen MR) is 181 cm³/mol. The molecule has 6 rings (SSSR count). The topological polar surface area (TPSA) is 66.4 Å². The van der Waals surface area contributed by atoms with Crippen LogP contribution in [0.15, 0.2) is 146 Å². The van der Waals surface area contributed by atoms with Crippen molar-refractivity contribution in [1.82, 2.24) is 0 Å². The van der Waals surface area contributed by atoms with Crippen LogP contribution in [0.1, 0.15) is 39.5 Å². The van der Waals surface area contributed by atoms with E-state index in [4.69, 9.17) is 23.7 Å². The average Bonchev–Trinajstić information content (AvgIpc) is 3.14. The zero-order valence-electron chi connectivity index (χ0n) is 26.5. The standard InChI is InChI=1S/C41H42O6/c42-25-31-21-23-36(24-22-31)38-40(45-28-34-17-9-3-10-18-34)41(46-29-35-19-11-4-12-20-35)39(44-27-33-15-7-2-8-16-33)37(47-38)30-43-26-32-13-5-1-6-14-32/h1-24,37-42H,25-30H2/t37-,38?,39-,40+,41+/m1/s1. The summed E-state index contributed by atoms with van der Waals surface area (Å²) in [4.78, 5) is 0. The van der Waals surface area contributed by atoms with Crippen molar-refractivity contribution in [2.75, 3.05) is 6.61 Å². The van der Waals surface area contributed by atoms with E-state index in [1.807, 2.05) is 97.1 Å². The van der Waals surface area contributed by atoms with Gasteiger partial charge in [0, 0.05) is 0 Å². The first-order chi connectivity index (χ1) is 23.3. The van der Waals surface area contributed by atoms with Gasteiger partial charge in [-0.1, -0.05) is 146 Å². The highest BCUT2D eigenvalue weighted by molar-refractivity contribution is 5.26. The highest BCUT2D eigenvalue weighted by Crippen LogP contribution is 2.38. The quantitative estimate of drug-likeness (QED) is 0.129. The first-order valence-electron chi connectivity index (χ1n) is 16.2. The summed E-state index contributed by atoms with van der Waals surface area (Å²) in [5.41, 5.74) is 6.02. The summed E-state index contributed by atoms with van der Waals surface area (Å²) in [7, 11) is 0. The van der Waals surface area contributed by atoms with Gasteiger partial charge in [-0.25, -0.2) is 0 Å². The van der Waals surface area contributed by atoms with E-state index in [1.165, 1.54) is 0 Å². The molecular weight excluding hydrogens is 588 g/mol. The van der Waals surface area contributed by atoms with Gasteiger partial charge in [0.2, 0.25) is 0 Å². The molecule has 5 aromatic carbocycles. The highest BCUT2D eigenvalue weighted by atomic mass is 16.6. The Kier molecular flexibility index (Phi) is 12.0. The van der Waals surface area contributed by atoms with Crippen LogP contribution in [0, 0.1) is 0 Å². The third kappa shape index (κ3) is 9.24. The minimum atomic E-state index is -0.509. The van der Waals surface area contributed by atoms with Crippen LogP contribution in [-0.4, -0.2) is 36.1 Å². The fourth-order valence-corrected chi connectivity index (χ4v) is 5.87. The molecule has 0 saturated carbocycles. The molecule has 1 aliphatic heterocycles. The van der Waals surface area contributed by atoms with Crippen molar-refractivity contribution in [2.45, 2.75) is 63.6 Å². The molecule has 1 unspecified atom stereocenters. The Morgan fingerprint density at radius 1 is 0.447 bits per heavy atom. The molecule has 0 aliphatic carbocycles. The second-order valence-corrected chi connectivity index (χ2v) is 11.8. The first kappa shape index (κ1) is 32.8. The predicted octanol–water partition coefficient (Wildman–Crippen LogP) is 7.59. The molecule has 1 fully saturated rings. The molecule has 1 heterocycles. The van der Waals surface area contributed by atoms with Gasteiger partial charge in [0.05, 0.1) is 39.6 Å². The lowest BCUT2D eigenvalue weighted by Gasteiger charge is -2.46. The van der Waals surface area contributed by atoms with Gasteiger partial charge in [-0.15, -0.1) is 0 Å². The summed E-state index contributed by atoms with van der Waals surface area (Å²) in [5, 5.41) is 9.73. The third-order valence-electron chi connectivity index (χ3n) is 8.37. The maximum Gasteiger partial charge on any atom is 0.117 e. The van der Waals surface area contributed by atoms with E-state index in [0.717, 1.165) is 33.4 Å². The summed E-state index contributed by atoms with van der Waals surface area (Å²) < 4.78 is 33.6. The van der Waals surface area contributed by atoms with Crippen LogP contribution >= 0.6 is 0 Å². The van der Waals surface area contributed by atoms with Crippen molar-refractivity contribution in [1.29, 1.82) is 0 Å². The van der Waals surface area contributed by atoms with E-state index in [2.05, 4.69) is 48.5 Å². The molecule has 0 spiro atoms. The molecule has 6 nitrogen and oxygen atoms in total.